The van der Waals surface area contributed by atoms with Gasteiger partial charge < -0.3 is 16.0 Å². The number of nitrogens with one attached hydrogen (secondary N) is 1. The Morgan fingerprint density at radius 3 is 2.04 bits per heavy atom. The van der Waals surface area contributed by atoms with Crippen molar-refractivity contribution in [3.63, 3.8) is 0 Å². The summed E-state index contributed by atoms with van der Waals surface area (Å²) in [5, 5.41) is 2.93. The number of rotatable bonds is 7. The highest BCUT2D eigenvalue weighted by molar-refractivity contribution is 5.96. The number of hydrogen-bond donors (Lipinski definition) is 2. The lowest BCUT2D eigenvalue weighted by Crippen LogP contribution is -2.48. The number of likely N-dealkylation sites (N-methyl/N-ethyl adjacent to an activating group) is 1. The van der Waals surface area contributed by atoms with Crippen LogP contribution in [0.4, 0.5) is 5.69 Å². The molecule has 0 fully saturated rings. The minimum atomic E-state index is -0.579. The highest BCUT2D eigenvalue weighted by atomic mass is 16.2. The van der Waals surface area contributed by atoms with Gasteiger partial charge in [-0.3, -0.25) is 9.59 Å². The summed E-state index contributed by atoms with van der Waals surface area (Å²) in [6.07, 6.45) is 1.34. The summed E-state index contributed by atoms with van der Waals surface area (Å²) in [6.45, 7) is 10.2. The van der Waals surface area contributed by atoms with Crippen LogP contribution in [0.25, 0.3) is 0 Å². The standard InChI is InChI=1S/C19H31N3O2/c1-7-19(8-2,12-20)18(24)22(6)11-16(23)21-17-14(4)9-13(3)10-15(17)5/h9-10H,7-8,11-12,20H2,1-6H3,(H,21,23). The van der Waals surface area contributed by atoms with E-state index in [0.29, 0.717) is 19.4 Å². The predicted molar refractivity (Wildman–Crippen MR) is 99.0 cm³/mol. The minimum Gasteiger partial charge on any atom is -0.336 e. The summed E-state index contributed by atoms with van der Waals surface area (Å²) >= 11 is 0. The third-order valence-electron chi connectivity index (χ3n) is 4.87. The molecule has 0 bridgehead atoms. The molecule has 1 aromatic carbocycles. The van der Waals surface area contributed by atoms with Crippen molar-refractivity contribution in [1.29, 1.82) is 0 Å². The molecular formula is C19H31N3O2. The third-order valence-corrected chi connectivity index (χ3v) is 4.87. The number of carbonyl (C=O) groups is 2. The SMILES string of the molecule is CCC(CC)(CN)C(=O)N(C)CC(=O)Nc1c(C)cc(C)cc1C. The van der Waals surface area contributed by atoms with Gasteiger partial charge in [0, 0.05) is 19.3 Å². The summed E-state index contributed by atoms with van der Waals surface area (Å²) in [4.78, 5) is 26.5. The van der Waals surface area contributed by atoms with Gasteiger partial charge in [0.15, 0.2) is 0 Å². The second-order valence-electron chi connectivity index (χ2n) is 6.67. The van der Waals surface area contributed by atoms with Gasteiger partial charge in [0.2, 0.25) is 11.8 Å². The molecule has 0 aliphatic heterocycles. The normalized spacial score (nSPS) is 11.3. The van der Waals surface area contributed by atoms with Gasteiger partial charge in [0.05, 0.1) is 12.0 Å². The average Bonchev–Trinajstić information content (AvgIpc) is 2.52. The van der Waals surface area contributed by atoms with Gasteiger partial charge in [-0.1, -0.05) is 31.5 Å². The van der Waals surface area contributed by atoms with E-state index in [-0.39, 0.29) is 18.4 Å². The third kappa shape index (κ3) is 4.35. The topological polar surface area (TPSA) is 75.4 Å². The van der Waals surface area contributed by atoms with Crippen LogP contribution in [0.2, 0.25) is 0 Å². The van der Waals surface area contributed by atoms with E-state index in [2.05, 4.69) is 5.32 Å². The molecule has 0 heterocycles. The lowest BCUT2D eigenvalue weighted by molar-refractivity contribution is -0.142. The Morgan fingerprint density at radius 2 is 1.62 bits per heavy atom. The van der Waals surface area contributed by atoms with E-state index in [1.54, 1.807) is 7.05 Å². The Morgan fingerprint density at radius 1 is 1.12 bits per heavy atom. The second-order valence-corrected chi connectivity index (χ2v) is 6.67. The lowest BCUT2D eigenvalue weighted by atomic mass is 9.81. The summed E-state index contributed by atoms with van der Waals surface area (Å²) in [6, 6.07) is 4.07. The van der Waals surface area contributed by atoms with Crippen LogP contribution in [-0.4, -0.2) is 36.9 Å². The fraction of sp³-hybridized carbons (Fsp3) is 0.579. The summed E-state index contributed by atoms with van der Waals surface area (Å²) in [5.41, 5.74) is 9.27. The van der Waals surface area contributed by atoms with E-state index in [9.17, 15) is 9.59 Å². The molecule has 0 aliphatic carbocycles. The highest BCUT2D eigenvalue weighted by Gasteiger charge is 2.36. The van der Waals surface area contributed by atoms with Crippen molar-refractivity contribution in [3.8, 4) is 0 Å². The zero-order valence-corrected chi connectivity index (χ0v) is 15.8. The van der Waals surface area contributed by atoms with Crippen molar-refractivity contribution in [1.82, 2.24) is 4.90 Å². The van der Waals surface area contributed by atoms with Crippen LogP contribution in [0.15, 0.2) is 12.1 Å². The predicted octanol–water partition coefficient (Wildman–Crippen LogP) is 2.77. The monoisotopic (exact) mass is 333 g/mol. The van der Waals surface area contributed by atoms with Crippen LogP contribution < -0.4 is 11.1 Å². The fourth-order valence-electron chi connectivity index (χ4n) is 3.18. The molecule has 5 heteroatoms. The second kappa shape index (κ2) is 8.29. The number of benzene rings is 1. The Labute approximate surface area is 145 Å². The lowest BCUT2D eigenvalue weighted by Gasteiger charge is -2.33. The highest BCUT2D eigenvalue weighted by Crippen LogP contribution is 2.27. The Balaban J connectivity index is 2.83. The van der Waals surface area contributed by atoms with Crippen molar-refractivity contribution in [2.24, 2.45) is 11.1 Å². The van der Waals surface area contributed by atoms with Crippen LogP contribution in [0.5, 0.6) is 0 Å². The van der Waals surface area contributed by atoms with Crippen molar-refractivity contribution < 1.29 is 9.59 Å². The van der Waals surface area contributed by atoms with Crippen LogP contribution in [-0.2, 0) is 9.59 Å². The molecule has 2 amide bonds. The first-order chi connectivity index (χ1) is 11.2. The number of carbonyl (C=O) groups excluding carboxylic acids is 2. The van der Waals surface area contributed by atoms with E-state index in [4.69, 9.17) is 5.73 Å². The van der Waals surface area contributed by atoms with Gasteiger partial charge in [-0.15, -0.1) is 0 Å². The largest absolute Gasteiger partial charge is 0.336 e. The summed E-state index contributed by atoms with van der Waals surface area (Å²) < 4.78 is 0. The molecule has 1 rings (SSSR count). The molecule has 0 aromatic heterocycles. The van der Waals surface area contributed by atoms with Gasteiger partial charge in [-0.05, 0) is 44.7 Å². The maximum Gasteiger partial charge on any atom is 0.243 e. The van der Waals surface area contributed by atoms with Crippen LogP contribution in [0.3, 0.4) is 0 Å². The molecule has 0 atom stereocenters. The number of nitrogens with zero attached hydrogens (tertiary/aromatic N) is 1. The quantitative estimate of drug-likeness (QED) is 0.805. The number of hydrogen-bond acceptors (Lipinski definition) is 3. The molecular weight excluding hydrogens is 302 g/mol. The number of amides is 2. The average molecular weight is 333 g/mol. The molecule has 0 unspecified atom stereocenters. The molecule has 0 aliphatic rings. The van der Waals surface area contributed by atoms with Gasteiger partial charge in [-0.25, -0.2) is 0 Å². The van der Waals surface area contributed by atoms with E-state index in [1.165, 1.54) is 4.90 Å². The molecule has 0 spiro atoms. The zero-order chi connectivity index (χ0) is 18.5. The zero-order valence-electron chi connectivity index (χ0n) is 15.8. The first-order valence-corrected chi connectivity index (χ1v) is 8.54. The van der Waals surface area contributed by atoms with Gasteiger partial charge >= 0.3 is 0 Å². The number of anilines is 1. The van der Waals surface area contributed by atoms with E-state index in [1.807, 2.05) is 46.8 Å². The van der Waals surface area contributed by atoms with Crippen LogP contribution >= 0.6 is 0 Å². The van der Waals surface area contributed by atoms with Gasteiger partial charge in [0.25, 0.3) is 0 Å². The van der Waals surface area contributed by atoms with Crippen molar-refractivity contribution in [2.45, 2.75) is 47.5 Å². The molecule has 3 N–H and O–H groups in total. The molecule has 134 valence electrons. The van der Waals surface area contributed by atoms with Gasteiger partial charge in [-0.2, -0.15) is 0 Å². The van der Waals surface area contributed by atoms with Gasteiger partial charge in [0.1, 0.15) is 0 Å². The molecule has 5 nitrogen and oxygen atoms in total. The van der Waals surface area contributed by atoms with Crippen molar-refractivity contribution >= 4 is 17.5 Å². The Hall–Kier alpha value is -1.88. The maximum absolute atomic E-state index is 12.7. The molecule has 0 saturated heterocycles. The summed E-state index contributed by atoms with van der Waals surface area (Å²) in [7, 11) is 1.66. The smallest absolute Gasteiger partial charge is 0.243 e. The Bertz CT molecular complexity index is 575. The molecule has 0 radical (unpaired) electrons. The fourth-order valence-corrected chi connectivity index (χ4v) is 3.18. The molecule has 1 aromatic rings. The Kier molecular flexibility index (Phi) is 6.96. The molecule has 0 saturated carbocycles. The van der Waals surface area contributed by atoms with Crippen molar-refractivity contribution in [2.75, 3.05) is 25.5 Å². The number of nitrogens with two attached hydrogens (primary N) is 1. The first kappa shape index (κ1) is 20.2. The van der Waals surface area contributed by atoms with Crippen LogP contribution in [0.1, 0.15) is 43.4 Å². The van der Waals surface area contributed by atoms with Crippen molar-refractivity contribution in [3.05, 3.63) is 28.8 Å². The maximum atomic E-state index is 12.7. The van der Waals surface area contributed by atoms with Crippen LogP contribution in [0, 0.1) is 26.2 Å². The van der Waals surface area contributed by atoms with E-state index in [0.717, 1.165) is 22.4 Å². The summed E-state index contributed by atoms with van der Waals surface area (Å²) in [5.74, 6) is -0.262. The minimum absolute atomic E-state index is 0.0212. The number of aryl methyl sites for hydroxylation is 3. The van der Waals surface area contributed by atoms with E-state index < -0.39 is 5.41 Å². The van der Waals surface area contributed by atoms with E-state index >= 15 is 0 Å². The first-order valence-electron chi connectivity index (χ1n) is 8.54. The molecule has 24 heavy (non-hydrogen) atoms.